The molecule has 6 heteroatoms. The van der Waals surface area contributed by atoms with Crippen LogP contribution < -0.4 is 9.47 Å². The average Bonchev–Trinajstić information content (AvgIpc) is 3.20. The van der Waals surface area contributed by atoms with E-state index in [0.29, 0.717) is 22.8 Å². The van der Waals surface area contributed by atoms with Gasteiger partial charge in [-0.2, -0.15) is 5.10 Å². The van der Waals surface area contributed by atoms with Crippen molar-refractivity contribution in [1.29, 1.82) is 0 Å². The molecule has 0 amide bonds. The zero-order chi connectivity index (χ0) is 19.8. The Morgan fingerprint density at radius 2 is 1.79 bits per heavy atom. The maximum atomic E-state index is 13.1. The Morgan fingerprint density at radius 1 is 1.04 bits per heavy atom. The van der Waals surface area contributed by atoms with E-state index in [0.717, 1.165) is 22.2 Å². The van der Waals surface area contributed by atoms with Gasteiger partial charge in [0.1, 0.15) is 5.65 Å². The van der Waals surface area contributed by atoms with Gasteiger partial charge in [0.2, 0.25) is 0 Å². The fraction of sp³-hybridized carbons (Fsp3) is 0.182. The number of fused-ring (bicyclic) bond motifs is 3. The second kappa shape index (κ2) is 6.88. The molecule has 2 aromatic carbocycles. The van der Waals surface area contributed by atoms with Crippen molar-refractivity contribution in [3.63, 3.8) is 0 Å². The molecule has 0 saturated heterocycles. The molecule has 2 heterocycles. The van der Waals surface area contributed by atoms with Gasteiger partial charge in [0.25, 0.3) is 0 Å². The van der Waals surface area contributed by atoms with Crippen LogP contribution >= 0.6 is 0 Å². The van der Waals surface area contributed by atoms with E-state index in [9.17, 15) is 4.79 Å². The van der Waals surface area contributed by atoms with Gasteiger partial charge in [-0.1, -0.05) is 24.3 Å². The Kier molecular flexibility index (Phi) is 4.39. The summed E-state index contributed by atoms with van der Waals surface area (Å²) in [5, 5.41) is 4.60. The fourth-order valence-corrected chi connectivity index (χ4v) is 3.61. The van der Waals surface area contributed by atoms with Gasteiger partial charge < -0.3 is 14.0 Å². The summed E-state index contributed by atoms with van der Waals surface area (Å²) in [6.45, 7) is 1.86. The van der Waals surface area contributed by atoms with Crippen LogP contribution in [-0.2, 0) is 7.05 Å². The number of rotatable bonds is 5. The van der Waals surface area contributed by atoms with Gasteiger partial charge in [0, 0.05) is 12.6 Å². The summed E-state index contributed by atoms with van der Waals surface area (Å²) in [5.41, 5.74) is 4.85. The third kappa shape index (κ3) is 2.65. The molecule has 4 aromatic rings. The highest BCUT2D eigenvalue weighted by molar-refractivity contribution is 6.12. The van der Waals surface area contributed by atoms with Crippen LogP contribution in [0.5, 0.6) is 11.5 Å². The number of benzene rings is 2. The number of methoxy groups -OCH3 is 2. The normalized spacial score (nSPS) is 11.6. The first kappa shape index (κ1) is 17.9. The lowest BCUT2D eigenvalue weighted by Gasteiger charge is -2.09. The molecule has 6 nitrogen and oxygen atoms in total. The number of imidazole rings is 1. The topological polar surface area (TPSA) is 57.8 Å². The maximum Gasteiger partial charge on any atom is 0.191 e. The summed E-state index contributed by atoms with van der Waals surface area (Å²) in [4.78, 5) is 13.1. The number of carbonyl (C=O) groups is 1. The Hall–Kier alpha value is -3.54. The van der Waals surface area contributed by atoms with E-state index in [1.807, 2.05) is 65.5 Å². The quantitative estimate of drug-likeness (QED) is 0.390. The molecule has 4 rings (SSSR count). The summed E-state index contributed by atoms with van der Waals surface area (Å²) in [6, 6.07) is 13.5. The number of ether oxygens (including phenoxy) is 2. The largest absolute Gasteiger partial charge is 0.493 e. The van der Waals surface area contributed by atoms with Gasteiger partial charge in [-0.3, -0.25) is 4.79 Å². The molecule has 142 valence electrons. The summed E-state index contributed by atoms with van der Waals surface area (Å²) in [7, 11) is 5.12. The number of nitrogens with zero attached hydrogens (tertiary/aromatic N) is 3. The molecule has 0 aliphatic carbocycles. The molecular formula is C22H21N3O3. The van der Waals surface area contributed by atoms with Crippen molar-refractivity contribution >= 4 is 28.5 Å². The average molecular weight is 375 g/mol. The minimum Gasteiger partial charge on any atom is -0.493 e. The van der Waals surface area contributed by atoms with Crippen LogP contribution in [-0.4, -0.2) is 34.2 Å². The molecule has 0 saturated carbocycles. The molecule has 0 aliphatic heterocycles. The molecule has 0 radical (unpaired) electrons. The molecular weight excluding hydrogens is 354 g/mol. The highest BCUT2D eigenvalue weighted by atomic mass is 16.5. The van der Waals surface area contributed by atoms with Crippen LogP contribution in [0.4, 0.5) is 0 Å². The van der Waals surface area contributed by atoms with Crippen LogP contribution in [0.1, 0.15) is 21.6 Å². The molecule has 0 bridgehead atoms. The van der Waals surface area contributed by atoms with E-state index in [2.05, 4.69) is 5.10 Å². The fourth-order valence-electron chi connectivity index (χ4n) is 3.61. The first-order chi connectivity index (χ1) is 13.6. The molecule has 28 heavy (non-hydrogen) atoms. The van der Waals surface area contributed by atoms with Crippen LogP contribution in [0.15, 0.2) is 48.5 Å². The van der Waals surface area contributed by atoms with Gasteiger partial charge in [-0.05, 0) is 37.3 Å². The van der Waals surface area contributed by atoms with E-state index in [4.69, 9.17) is 9.47 Å². The molecule has 0 aliphatic rings. The van der Waals surface area contributed by atoms with Crippen LogP contribution in [0.3, 0.4) is 0 Å². The van der Waals surface area contributed by atoms with Crippen LogP contribution in [0.2, 0.25) is 0 Å². The third-order valence-electron chi connectivity index (χ3n) is 4.92. The summed E-state index contributed by atoms with van der Waals surface area (Å²) in [6.07, 6.45) is 3.30. The number of aromatic nitrogens is 3. The highest BCUT2D eigenvalue weighted by Gasteiger charge is 2.21. The van der Waals surface area contributed by atoms with E-state index < -0.39 is 0 Å². The van der Waals surface area contributed by atoms with Crippen molar-refractivity contribution in [3.05, 3.63) is 65.4 Å². The molecule has 0 spiro atoms. The highest BCUT2D eigenvalue weighted by Crippen LogP contribution is 2.32. The number of ketones is 1. The Bertz CT molecular complexity index is 1230. The molecule has 2 aromatic heterocycles. The maximum absolute atomic E-state index is 13.1. The number of hydrogen-bond donors (Lipinski definition) is 0. The molecule has 0 N–H and O–H groups in total. The number of para-hydroxylation sites is 3. The van der Waals surface area contributed by atoms with Crippen molar-refractivity contribution in [2.75, 3.05) is 14.2 Å². The number of allylic oxidation sites excluding steroid dienone is 1. The minimum absolute atomic E-state index is 0.108. The number of hydrogen-bond acceptors (Lipinski definition) is 4. The second-order valence-electron chi connectivity index (χ2n) is 6.52. The molecule has 0 fully saturated rings. The number of carbonyl (C=O) groups excluding carboxylic acids is 1. The summed E-state index contributed by atoms with van der Waals surface area (Å²) >= 11 is 0. The zero-order valence-electron chi connectivity index (χ0n) is 16.3. The zero-order valence-corrected chi connectivity index (χ0v) is 16.3. The second-order valence-corrected chi connectivity index (χ2v) is 6.52. The third-order valence-corrected chi connectivity index (χ3v) is 4.92. The monoisotopic (exact) mass is 375 g/mol. The Balaban J connectivity index is 1.80. The van der Waals surface area contributed by atoms with Crippen molar-refractivity contribution in [3.8, 4) is 11.5 Å². The Morgan fingerprint density at radius 3 is 2.50 bits per heavy atom. The standard InChI is InChI=1S/C22H21N3O3/c1-14-20(22-24(2)16-9-5-6-10-17(16)25(22)23-14)18(26)13-12-15-8-7-11-19(27-3)21(15)28-4/h5-13H,1-4H3. The predicted molar refractivity (Wildman–Crippen MR) is 109 cm³/mol. The molecule has 0 unspecified atom stereocenters. The predicted octanol–water partition coefficient (Wildman–Crippen LogP) is 4.05. The molecule has 0 atom stereocenters. The SMILES string of the molecule is COc1cccc(C=CC(=O)c2c(C)nn3c4ccccc4n(C)c23)c1OC. The lowest BCUT2D eigenvalue weighted by atomic mass is 10.1. The van der Waals surface area contributed by atoms with Crippen molar-refractivity contribution < 1.29 is 14.3 Å². The van der Waals surface area contributed by atoms with Gasteiger partial charge in [-0.15, -0.1) is 0 Å². The van der Waals surface area contributed by atoms with Crippen LogP contribution in [0.25, 0.3) is 22.8 Å². The van der Waals surface area contributed by atoms with Crippen molar-refractivity contribution in [2.24, 2.45) is 7.05 Å². The lowest BCUT2D eigenvalue weighted by molar-refractivity contribution is 0.104. The Labute approximate surface area is 162 Å². The summed E-state index contributed by atoms with van der Waals surface area (Å²) < 4.78 is 14.6. The van der Waals surface area contributed by atoms with E-state index in [-0.39, 0.29) is 5.78 Å². The van der Waals surface area contributed by atoms with Gasteiger partial charge in [-0.25, -0.2) is 4.52 Å². The van der Waals surface area contributed by atoms with Gasteiger partial charge in [0.15, 0.2) is 17.3 Å². The first-order valence-corrected chi connectivity index (χ1v) is 8.93. The van der Waals surface area contributed by atoms with Gasteiger partial charge in [0.05, 0.1) is 36.5 Å². The first-order valence-electron chi connectivity index (χ1n) is 8.93. The van der Waals surface area contributed by atoms with Gasteiger partial charge >= 0.3 is 0 Å². The number of aryl methyl sites for hydroxylation is 2. The van der Waals surface area contributed by atoms with Crippen LogP contribution in [0, 0.1) is 6.92 Å². The van der Waals surface area contributed by atoms with E-state index >= 15 is 0 Å². The minimum atomic E-state index is -0.108. The lowest BCUT2D eigenvalue weighted by Crippen LogP contribution is -2.00. The smallest absolute Gasteiger partial charge is 0.191 e. The van der Waals surface area contributed by atoms with Crippen molar-refractivity contribution in [1.82, 2.24) is 14.2 Å². The van der Waals surface area contributed by atoms with Crippen molar-refractivity contribution in [2.45, 2.75) is 6.92 Å². The van der Waals surface area contributed by atoms with E-state index in [1.165, 1.54) is 0 Å². The summed E-state index contributed by atoms with van der Waals surface area (Å²) in [5.74, 6) is 1.11. The van der Waals surface area contributed by atoms with E-state index in [1.54, 1.807) is 26.4 Å².